The average Bonchev–Trinajstić information content (AvgIpc) is 2.77. The van der Waals surface area contributed by atoms with Gasteiger partial charge in [0.15, 0.2) is 0 Å². The van der Waals surface area contributed by atoms with E-state index in [2.05, 4.69) is 19.0 Å². The lowest BCUT2D eigenvalue weighted by Crippen LogP contribution is -2.34. The first-order valence-corrected chi connectivity index (χ1v) is 6.31. The molecule has 1 aromatic rings. The van der Waals surface area contributed by atoms with E-state index >= 15 is 0 Å². The van der Waals surface area contributed by atoms with E-state index in [9.17, 15) is 4.79 Å². The van der Waals surface area contributed by atoms with Crippen LogP contribution in [-0.4, -0.2) is 48.9 Å². The topological polar surface area (TPSA) is 49.6 Å². The molecule has 1 fully saturated rings. The van der Waals surface area contributed by atoms with Crippen molar-refractivity contribution in [3.8, 4) is 0 Å². The van der Waals surface area contributed by atoms with Crippen molar-refractivity contribution >= 4 is 11.6 Å². The Labute approximate surface area is 108 Å². The van der Waals surface area contributed by atoms with Crippen LogP contribution >= 0.6 is 0 Å². The molecule has 1 atom stereocenters. The number of carbonyl (C=O) groups excluding carboxylic acids is 1. The zero-order valence-corrected chi connectivity index (χ0v) is 11.3. The average molecular weight is 247 g/mol. The lowest BCUT2D eigenvalue weighted by atomic mass is 10.1. The third-order valence-electron chi connectivity index (χ3n) is 3.62. The Bertz CT molecular complexity index is 456. The Balaban J connectivity index is 2.13. The number of amides is 1. The number of nitrogen functional groups attached to an aromatic ring is 1. The predicted octanol–water partition coefficient (Wildman–Crippen LogP) is 1.35. The molecule has 1 aliphatic heterocycles. The normalized spacial score (nSPS) is 19.6. The van der Waals surface area contributed by atoms with Crippen LogP contribution < -0.4 is 5.73 Å². The van der Waals surface area contributed by atoms with Gasteiger partial charge in [0.05, 0.1) is 5.56 Å². The Morgan fingerprint density at radius 3 is 2.72 bits per heavy atom. The van der Waals surface area contributed by atoms with E-state index in [0.29, 0.717) is 17.3 Å². The van der Waals surface area contributed by atoms with Crippen LogP contribution in [0.2, 0.25) is 0 Å². The van der Waals surface area contributed by atoms with Crippen molar-refractivity contribution in [3.05, 3.63) is 29.3 Å². The number of likely N-dealkylation sites (N-methyl/N-ethyl adjacent to an activating group) is 1. The van der Waals surface area contributed by atoms with Crippen LogP contribution in [0.15, 0.2) is 18.2 Å². The Hall–Kier alpha value is -1.55. The second-order valence-corrected chi connectivity index (χ2v) is 5.25. The first kappa shape index (κ1) is 12.9. The lowest BCUT2D eigenvalue weighted by Gasteiger charge is -2.21. The van der Waals surface area contributed by atoms with Gasteiger partial charge in [0.2, 0.25) is 0 Å². The summed E-state index contributed by atoms with van der Waals surface area (Å²) in [5.74, 6) is 0.0526. The molecule has 0 saturated carbocycles. The molecule has 1 aromatic carbocycles. The summed E-state index contributed by atoms with van der Waals surface area (Å²) in [4.78, 5) is 16.4. The summed E-state index contributed by atoms with van der Waals surface area (Å²) >= 11 is 0. The van der Waals surface area contributed by atoms with E-state index in [0.717, 1.165) is 25.1 Å². The Morgan fingerprint density at radius 1 is 1.44 bits per heavy atom. The smallest absolute Gasteiger partial charge is 0.255 e. The van der Waals surface area contributed by atoms with Gasteiger partial charge in [0.1, 0.15) is 0 Å². The number of hydrogen-bond acceptors (Lipinski definition) is 3. The summed E-state index contributed by atoms with van der Waals surface area (Å²) in [6.45, 7) is 3.58. The number of anilines is 1. The summed E-state index contributed by atoms with van der Waals surface area (Å²) in [5, 5.41) is 0. The van der Waals surface area contributed by atoms with Gasteiger partial charge in [-0.2, -0.15) is 0 Å². The molecule has 1 aliphatic rings. The Morgan fingerprint density at radius 2 is 2.17 bits per heavy atom. The SMILES string of the molecule is Cc1ccc(C(=O)N2CCC(N(C)C)C2)c(N)c1. The minimum Gasteiger partial charge on any atom is -0.398 e. The molecule has 2 rings (SSSR count). The van der Waals surface area contributed by atoms with Gasteiger partial charge in [-0.05, 0) is 45.1 Å². The molecule has 1 heterocycles. The van der Waals surface area contributed by atoms with Crippen molar-refractivity contribution in [1.82, 2.24) is 9.80 Å². The minimum atomic E-state index is 0.0526. The van der Waals surface area contributed by atoms with E-state index in [-0.39, 0.29) is 5.91 Å². The summed E-state index contributed by atoms with van der Waals surface area (Å²) < 4.78 is 0. The van der Waals surface area contributed by atoms with Crippen LogP contribution in [0.4, 0.5) is 5.69 Å². The molecule has 0 bridgehead atoms. The molecule has 1 amide bonds. The summed E-state index contributed by atoms with van der Waals surface area (Å²) in [6, 6.07) is 6.08. The number of nitrogens with zero attached hydrogens (tertiary/aromatic N) is 2. The number of aryl methyl sites for hydroxylation is 1. The van der Waals surface area contributed by atoms with E-state index in [1.807, 2.05) is 30.0 Å². The number of benzene rings is 1. The number of nitrogens with two attached hydrogens (primary N) is 1. The maximum atomic E-state index is 12.4. The van der Waals surface area contributed by atoms with Crippen LogP contribution in [0, 0.1) is 6.92 Å². The number of rotatable bonds is 2. The lowest BCUT2D eigenvalue weighted by molar-refractivity contribution is 0.0784. The highest BCUT2D eigenvalue weighted by Crippen LogP contribution is 2.20. The molecular formula is C14H21N3O. The fourth-order valence-corrected chi connectivity index (χ4v) is 2.40. The second-order valence-electron chi connectivity index (χ2n) is 5.25. The molecule has 1 unspecified atom stereocenters. The molecule has 18 heavy (non-hydrogen) atoms. The molecule has 4 heteroatoms. The van der Waals surface area contributed by atoms with Gasteiger partial charge in [-0.1, -0.05) is 6.07 Å². The Kier molecular flexibility index (Phi) is 3.57. The second kappa shape index (κ2) is 4.98. The zero-order valence-electron chi connectivity index (χ0n) is 11.3. The van der Waals surface area contributed by atoms with Gasteiger partial charge in [0, 0.05) is 24.8 Å². The van der Waals surface area contributed by atoms with Gasteiger partial charge in [-0.15, -0.1) is 0 Å². The third kappa shape index (κ3) is 2.48. The van der Waals surface area contributed by atoms with E-state index < -0.39 is 0 Å². The van der Waals surface area contributed by atoms with Gasteiger partial charge >= 0.3 is 0 Å². The highest BCUT2D eigenvalue weighted by molar-refractivity contribution is 5.99. The third-order valence-corrected chi connectivity index (χ3v) is 3.62. The van der Waals surface area contributed by atoms with Crippen molar-refractivity contribution in [2.75, 3.05) is 32.9 Å². The summed E-state index contributed by atoms with van der Waals surface area (Å²) in [6.07, 6.45) is 1.03. The van der Waals surface area contributed by atoms with Gasteiger partial charge in [-0.3, -0.25) is 4.79 Å². The number of carbonyl (C=O) groups is 1. The minimum absolute atomic E-state index is 0.0526. The standard InChI is InChI=1S/C14H21N3O/c1-10-4-5-12(13(15)8-10)14(18)17-7-6-11(9-17)16(2)3/h4-5,8,11H,6-7,9,15H2,1-3H3. The van der Waals surface area contributed by atoms with Crippen LogP contribution in [-0.2, 0) is 0 Å². The number of likely N-dealkylation sites (tertiary alicyclic amines) is 1. The largest absolute Gasteiger partial charge is 0.398 e. The molecule has 0 radical (unpaired) electrons. The van der Waals surface area contributed by atoms with Crippen molar-refractivity contribution in [3.63, 3.8) is 0 Å². The van der Waals surface area contributed by atoms with Crippen LogP contribution in [0.5, 0.6) is 0 Å². The molecule has 4 nitrogen and oxygen atoms in total. The van der Waals surface area contributed by atoms with Gasteiger partial charge < -0.3 is 15.5 Å². The van der Waals surface area contributed by atoms with Gasteiger partial charge in [-0.25, -0.2) is 0 Å². The van der Waals surface area contributed by atoms with Crippen molar-refractivity contribution in [2.45, 2.75) is 19.4 Å². The van der Waals surface area contributed by atoms with E-state index in [4.69, 9.17) is 5.73 Å². The van der Waals surface area contributed by atoms with Crippen molar-refractivity contribution in [1.29, 1.82) is 0 Å². The maximum absolute atomic E-state index is 12.4. The maximum Gasteiger partial charge on any atom is 0.255 e. The first-order valence-electron chi connectivity index (χ1n) is 6.31. The van der Waals surface area contributed by atoms with Crippen molar-refractivity contribution in [2.24, 2.45) is 0 Å². The van der Waals surface area contributed by atoms with Gasteiger partial charge in [0.25, 0.3) is 5.91 Å². The predicted molar refractivity (Wildman–Crippen MR) is 73.6 cm³/mol. The molecule has 1 saturated heterocycles. The highest BCUT2D eigenvalue weighted by atomic mass is 16.2. The molecule has 98 valence electrons. The zero-order chi connectivity index (χ0) is 13.3. The fraction of sp³-hybridized carbons (Fsp3) is 0.500. The highest BCUT2D eigenvalue weighted by Gasteiger charge is 2.28. The molecule has 0 aliphatic carbocycles. The monoisotopic (exact) mass is 247 g/mol. The molecule has 0 aromatic heterocycles. The molecule has 0 spiro atoms. The summed E-state index contributed by atoms with van der Waals surface area (Å²) in [7, 11) is 4.11. The van der Waals surface area contributed by atoms with Crippen LogP contribution in [0.3, 0.4) is 0 Å². The van der Waals surface area contributed by atoms with E-state index in [1.54, 1.807) is 0 Å². The quantitative estimate of drug-likeness (QED) is 0.803. The van der Waals surface area contributed by atoms with Crippen molar-refractivity contribution < 1.29 is 4.79 Å². The molecule has 2 N–H and O–H groups in total. The first-order chi connectivity index (χ1) is 8.49. The van der Waals surface area contributed by atoms with Crippen LogP contribution in [0.25, 0.3) is 0 Å². The fourth-order valence-electron chi connectivity index (χ4n) is 2.40. The van der Waals surface area contributed by atoms with Crippen LogP contribution in [0.1, 0.15) is 22.3 Å². The molecular weight excluding hydrogens is 226 g/mol. The number of hydrogen-bond donors (Lipinski definition) is 1. The summed E-state index contributed by atoms with van der Waals surface area (Å²) in [5.41, 5.74) is 8.21. The van der Waals surface area contributed by atoms with E-state index in [1.165, 1.54) is 0 Å².